The fraction of sp³-hybridized carbons (Fsp3) is 0.360. The zero-order valence-electron chi connectivity index (χ0n) is 36.2. The van der Waals surface area contributed by atoms with E-state index in [1.165, 1.54) is 112 Å². The van der Waals surface area contributed by atoms with Crippen LogP contribution < -0.4 is 9.47 Å². The van der Waals surface area contributed by atoms with Gasteiger partial charge < -0.3 is 24.3 Å². The number of methoxy groups -OCH3 is 2. The Morgan fingerprint density at radius 3 is 1.06 bits per heavy atom. The first-order chi connectivity index (χ1) is 24.5. The molecule has 0 N–H and O–H groups in total. The van der Waals surface area contributed by atoms with Crippen molar-refractivity contribution in [1.29, 1.82) is 0 Å². The van der Waals surface area contributed by atoms with Crippen molar-refractivity contribution in [3.63, 3.8) is 0 Å². The first-order valence-electron chi connectivity index (χ1n) is 18.5. The Bertz CT molecular complexity index is 1990. The van der Waals surface area contributed by atoms with Gasteiger partial charge in [-0.05, 0) is 84.7 Å². The zero-order valence-corrected chi connectivity index (χ0v) is 39.6. The van der Waals surface area contributed by atoms with E-state index in [9.17, 15) is 0 Å². The van der Waals surface area contributed by atoms with Gasteiger partial charge in [0, 0.05) is 0 Å². The van der Waals surface area contributed by atoms with E-state index in [2.05, 4.69) is 163 Å². The van der Waals surface area contributed by atoms with E-state index in [1.54, 1.807) is 14.2 Å². The summed E-state index contributed by atoms with van der Waals surface area (Å²) >= 11 is 1.36. The SMILES string of the molecule is CCc1cc2c(-c3cc(C)cc(C)c3)c(OC)c(C(C)(C)C)cc2[cH-]1.CCc1cc2c(-c3cc(C)cc(C)c3)c(OC)c(C(C)(C)C)cc2[cH-]1.[CH3-].[CH3-].[Si]=[Zr]. The Kier molecular flexibility index (Phi) is 16.6. The van der Waals surface area contributed by atoms with Crippen molar-refractivity contribution < 1.29 is 32.8 Å². The van der Waals surface area contributed by atoms with Crippen molar-refractivity contribution in [1.82, 2.24) is 0 Å². The monoisotopic (exact) mass is 814 g/mol. The van der Waals surface area contributed by atoms with Crippen LogP contribution in [0.3, 0.4) is 0 Å². The fourth-order valence-corrected chi connectivity index (χ4v) is 7.56. The van der Waals surface area contributed by atoms with Crippen LogP contribution in [-0.4, -0.2) is 21.1 Å². The van der Waals surface area contributed by atoms with Gasteiger partial charge in [-0.3, -0.25) is 0 Å². The third kappa shape index (κ3) is 10.2. The first kappa shape index (κ1) is 47.0. The number of hydrogen-bond acceptors (Lipinski definition) is 2. The number of fused-ring (bicyclic) bond motifs is 2. The summed E-state index contributed by atoms with van der Waals surface area (Å²) in [6, 6.07) is 27.5. The molecule has 0 unspecified atom stereocenters. The molecule has 0 atom stereocenters. The van der Waals surface area contributed by atoms with Crippen LogP contribution in [0, 0.1) is 42.5 Å². The number of ether oxygens (including phenoxy) is 2. The summed E-state index contributed by atoms with van der Waals surface area (Å²) in [5.74, 6) is 2.02. The van der Waals surface area contributed by atoms with Crippen molar-refractivity contribution in [2.75, 3.05) is 14.2 Å². The van der Waals surface area contributed by atoms with Crippen molar-refractivity contribution in [2.24, 2.45) is 0 Å². The quantitative estimate of drug-likeness (QED) is 0.123. The minimum absolute atomic E-state index is 0. The van der Waals surface area contributed by atoms with E-state index < -0.39 is 0 Å². The molecule has 0 fully saturated rings. The van der Waals surface area contributed by atoms with Gasteiger partial charge in [-0.1, -0.05) is 114 Å². The molecule has 0 saturated carbocycles. The van der Waals surface area contributed by atoms with Crippen LogP contribution >= 0.6 is 0 Å². The molecular formula is C50H64O2SiZr-4. The maximum absolute atomic E-state index is 5.99. The van der Waals surface area contributed by atoms with Crippen molar-refractivity contribution in [2.45, 2.75) is 107 Å². The Morgan fingerprint density at radius 1 is 0.519 bits per heavy atom. The predicted molar refractivity (Wildman–Crippen MR) is 237 cm³/mol. The van der Waals surface area contributed by atoms with Gasteiger partial charge in [0.2, 0.25) is 0 Å². The van der Waals surface area contributed by atoms with Crippen LogP contribution in [0.2, 0.25) is 0 Å². The summed E-state index contributed by atoms with van der Waals surface area (Å²) < 4.78 is 12.0. The molecule has 0 aliphatic rings. The molecule has 6 aromatic carbocycles. The van der Waals surface area contributed by atoms with Crippen LogP contribution in [-0.2, 0) is 47.0 Å². The minimum atomic E-state index is 0. The molecule has 0 saturated heterocycles. The molecular weight excluding hydrogens is 752 g/mol. The summed E-state index contributed by atoms with van der Waals surface area (Å²) in [6.07, 6.45) is 2.10. The number of benzene rings is 4. The summed E-state index contributed by atoms with van der Waals surface area (Å²) in [5, 5.41) is 5.23. The van der Waals surface area contributed by atoms with Gasteiger partial charge in [-0.15, -0.1) is 56.9 Å². The Balaban J connectivity index is 0.000000345. The third-order valence-corrected chi connectivity index (χ3v) is 9.91. The summed E-state index contributed by atoms with van der Waals surface area (Å²) in [4.78, 5) is 0. The second-order valence-corrected chi connectivity index (χ2v) is 16.4. The van der Waals surface area contributed by atoms with E-state index in [1.807, 2.05) is 0 Å². The third-order valence-electron chi connectivity index (χ3n) is 9.91. The maximum atomic E-state index is 5.99. The predicted octanol–water partition coefficient (Wildman–Crippen LogP) is 13.9. The van der Waals surface area contributed by atoms with Gasteiger partial charge in [-0.2, -0.15) is 12.1 Å². The number of hydrogen-bond donors (Lipinski definition) is 0. The average Bonchev–Trinajstić information content (AvgIpc) is 3.69. The molecule has 6 aromatic rings. The standard InChI is InChI=1S/2C24H29O.2CH3.Si.Zr/c2*1-8-17-12-18-14-21(24(4,5)6)23(25-7)22(20(18)13-17)19-10-15(2)9-16(3)11-19;;;;/h2*9-14H,8H2,1-7H3;2*1H3;;/q4*-1;;. The molecule has 0 amide bonds. The molecule has 2 radical (unpaired) electrons. The molecule has 6 rings (SSSR count). The molecule has 0 spiro atoms. The van der Waals surface area contributed by atoms with Gasteiger partial charge in [0.1, 0.15) is 11.5 Å². The normalized spacial score (nSPS) is 11.1. The second kappa shape index (κ2) is 19.1. The second-order valence-electron chi connectivity index (χ2n) is 16.4. The van der Waals surface area contributed by atoms with Gasteiger partial charge in [0.05, 0.1) is 14.2 Å². The van der Waals surface area contributed by atoms with E-state index in [0.29, 0.717) is 0 Å². The number of aryl methyl sites for hydroxylation is 6. The van der Waals surface area contributed by atoms with Crippen molar-refractivity contribution in [3.8, 4) is 33.8 Å². The zero-order chi connectivity index (χ0) is 38.7. The fourth-order valence-electron chi connectivity index (χ4n) is 7.56. The van der Waals surface area contributed by atoms with Gasteiger partial charge in [-0.25, -0.2) is 0 Å². The molecule has 0 aliphatic heterocycles. The first-order valence-corrected chi connectivity index (χ1v) is 22.7. The Labute approximate surface area is 346 Å². The van der Waals surface area contributed by atoms with E-state index in [4.69, 9.17) is 9.47 Å². The van der Waals surface area contributed by atoms with E-state index in [0.717, 1.165) is 24.3 Å². The molecule has 288 valence electrons. The van der Waals surface area contributed by atoms with Crippen molar-refractivity contribution >= 4 is 28.4 Å². The van der Waals surface area contributed by atoms with E-state index in [-0.39, 0.29) is 25.7 Å². The van der Waals surface area contributed by atoms with Gasteiger partial charge >= 0.3 is 30.2 Å². The van der Waals surface area contributed by atoms with Crippen LogP contribution in [0.25, 0.3) is 43.8 Å². The Hall–Kier alpha value is -3.20. The molecule has 0 bridgehead atoms. The van der Waals surface area contributed by atoms with Crippen LogP contribution in [0.15, 0.2) is 72.8 Å². The molecule has 0 aromatic heterocycles. The summed E-state index contributed by atoms with van der Waals surface area (Å²) in [5.41, 5.74) is 15.5. The van der Waals surface area contributed by atoms with Crippen LogP contribution in [0.1, 0.15) is 99.9 Å². The summed E-state index contributed by atoms with van der Waals surface area (Å²) in [6.45, 7) is 29.7. The molecule has 0 heterocycles. The number of rotatable bonds is 6. The van der Waals surface area contributed by atoms with Crippen LogP contribution in [0.4, 0.5) is 0 Å². The average molecular weight is 816 g/mol. The molecule has 54 heavy (non-hydrogen) atoms. The molecule has 4 heteroatoms. The van der Waals surface area contributed by atoms with Crippen LogP contribution in [0.5, 0.6) is 11.5 Å². The topological polar surface area (TPSA) is 18.5 Å². The molecule has 2 nitrogen and oxygen atoms in total. The Morgan fingerprint density at radius 2 is 0.815 bits per heavy atom. The van der Waals surface area contributed by atoms with Crippen molar-refractivity contribution in [3.05, 3.63) is 132 Å². The summed E-state index contributed by atoms with van der Waals surface area (Å²) in [7, 11) is 3.60. The van der Waals surface area contributed by atoms with Gasteiger partial charge in [0.15, 0.2) is 0 Å². The van der Waals surface area contributed by atoms with Gasteiger partial charge in [0.25, 0.3) is 0 Å². The van der Waals surface area contributed by atoms with E-state index >= 15 is 0 Å². The molecule has 0 aliphatic carbocycles.